The van der Waals surface area contributed by atoms with Gasteiger partial charge in [-0.1, -0.05) is 13.8 Å². The fourth-order valence-corrected chi connectivity index (χ4v) is 3.09. The zero-order chi connectivity index (χ0) is 17.0. The average molecular weight is 405 g/mol. The van der Waals surface area contributed by atoms with Crippen molar-refractivity contribution in [3.8, 4) is 0 Å². The summed E-state index contributed by atoms with van der Waals surface area (Å²) in [4.78, 5) is 2.04. The molecular weight excluding hydrogens is 379 g/mol. The first-order valence-electron chi connectivity index (χ1n) is 8.10. The molecule has 0 saturated carbocycles. The maximum atomic E-state index is 13.7. The van der Waals surface area contributed by atoms with Crippen molar-refractivity contribution in [1.82, 2.24) is 10.2 Å². The van der Waals surface area contributed by atoms with Gasteiger partial charge in [0.15, 0.2) is 0 Å². The van der Waals surface area contributed by atoms with Crippen LogP contribution in [0.5, 0.6) is 0 Å². The van der Waals surface area contributed by atoms with E-state index in [0.29, 0.717) is 25.4 Å². The molecule has 1 aromatic carbocycles. The van der Waals surface area contributed by atoms with Crippen molar-refractivity contribution in [3.05, 3.63) is 35.1 Å². The van der Waals surface area contributed by atoms with Gasteiger partial charge in [0.1, 0.15) is 5.82 Å². The van der Waals surface area contributed by atoms with E-state index in [1.165, 1.54) is 0 Å². The molecule has 1 aliphatic rings. The van der Waals surface area contributed by atoms with E-state index in [4.69, 9.17) is 0 Å². The van der Waals surface area contributed by atoms with Gasteiger partial charge in [0, 0.05) is 32.2 Å². The van der Waals surface area contributed by atoms with Crippen LogP contribution in [0.3, 0.4) is 0 Å². The third kappa shape index (κ3) is 6.93. The Kier molecular flexibility index (Phi) is 10.3. The van der Waals surface area contributed by atoms with E-state index >= 15 is 0 Å². The number of piperazine rings is 1. The van der Waals surface area contributed by atoms with E-state index in [9.17, 15) is 17.6 Å². The summed E-state index contributed by atoms with van der Waals surface area (Å²) < 4.78 is 53.7. The van der Waals surface area contributed by atoms with Crippen LogP contribution in [0.1, 0.15) is 43.9 Å². The minimum absolute atomic E-state index is 0. The van der Waals surface area contributed by atoms with Gasteiger partial charge in [-0.05, 0) is 42.5 Å². The van der Waals surface area contributed by atoms with Crippen LogP contribution in [0.4, 0.5) is 17.6 Å². The van der Waals surface area contributed by atoms with Crippen LogP contribution in [0.2, 0.25) is 0 Å². The fourth-order valence-electron chi connectivity index (χ4n) is 3.09. The van der Waals surface area contributed by atoms with Gasteiger partial charge in [-0.2, -0.15) is 13.2 Å². The lowest BCUT2D eigenvalue weighted by Gasteiger charge is -2.36. The van der Waals surface area contributed by atoms with Crippen molar-refractivity contribution >= 4 is 24.8 Å². The van der Waals surface area contributed by atoms with Crippen molar-refractivity contribution in [1.29, 1.82) is 0 Å². The van der Waals surface area contributed by atoms with Crippen LogP contribution in [0.15, 0.2) is 18.2 Å². The van der Waals surface area contributed by atoms with Crippen molar-refractivity contribution in [3.63, 3.8) is 0 Å². The number of benzene rings is 1. The zero-order valence-electron chi connectivity index (χ0n) is 14.4. The van der Waals surface area contributed by atoms with Crippen LogP contribution in [0, 0.1) is 11.7 Å². The number of hydrogen-bond donors (Lipinski definition) is 1. The summed E-state index contributed by atoms with van der Waals surface area (Å²) in [6, 6.07) is 2.43. The highest BCUT2D eigenvalue weighted by Crippen LogP contribution is 2.39. The molecule has 2 nitrogen and oxygen atoms in total. The van der Waals surface area contributed by atoms with Gasteiger partial charge in [0.05, 0.1) is 5.56 Å². The third-order valence-electron chi connectivity index (χ3n) is 4.29. The average Bonchev–Trinajstić information content (AvgIpc) is 2.47. The van der Waals surface area contributed by atoms with Gasteiger partial charge < -0.3 is 5.32 Å². The summed E-state index contributed by atoms with van der Waals surface area (Å²) in [6.07, 6.45) is -3.06. The highest BCUT2D eigenvalue weighted by molar-refractivity contribution is 5.85. The van der Waals surface area contributed by atoms with E-state index < -0.39 is 23.6 Å². The minimum Gasteiger partial charge on any atom is -0.314 e. The molecule has 146 valence electrons. The van der Waals surface area contributed by atoms with E-state index in [1.807, 2.05) is 18.7 Å². The number of rotatable bonds is 5. The summed E-state index contributed by atoms with van der Waals surface area (Å²) >= 11 is 0. The molecule has 8 heteroatoms. The Bertz CT molecular complexity index is 518. The summed E-state index contributed by atoms with van der Waals surface area (Å²) in [5.74, 6) is -0.221. The first-order valence-corrected chi connectivity index (χ1v) is 8.10. The number of hydrogen-bond acceptors (Lipinski definition) is 2. The van der Waals surface area contributed by atoms with Gasteiger partial charge in [0.25, 0.3) is 0 Å². The van der Waals surface area contributed by atoms with Crippen LogP contribution in [-0.4, -0.2) is 31.1 Å². The standard InChI is InChI=1S/C17H24F4N2.2ClH/c1-12(2)3-6-16(23-9-7-22-8-10-23)14-11-13(18)4-5-15(14)17(19,20)21;;/h4-5,11-12,16,22H,3,6-10H2,1-2H3;2*1H/t16-;;/m0../s1. The second-order valence-corrected chi connectivity index (χ2v) is 6.50. The lowest BCUT2D eigenvalue weighted by Crippen LogP contribution is -2.45. The molecule has 0 aliphatic carbocycles. The van der Waals surface area contributed by atoms with E-state index in [0.717, 1.165) is 37.7 Å². The maximum Gasteiger partial charge on any atom is 0.416 e. The molecule has 1 N–H and O–H groups in total. The molecule has 1 aliphatic heterocycles. The third-order valence-corrected chi connectivity index (χ3v) is 4.29. The van der Waals surface area contributed by atoms with Crippen LogP contribution in [0.25, 0.3) is 0 Å². The summed E-state index contributed by atoms with van der Waals surface area (Å²) in [6.45, 7) is 6.94. The second kappa shape index (κ2) is 10.6. The van der Waals surface area contributed by atoms with Crippen molar-refractivity contribution in [2.45, 2.75) is 38.9 Å². The van der Waals surface area contributed by atoms with Crippen LogP contribution >= 0.6 is 24.8 Å². The topological polar surface area (TPSA) is 15.3 Å². The molecule has 0 bridgehead atoms. The van der Waals surface area contributed by atoms with Crippen molar-refractivity contribution in [2.24, 2.45) is 5.92 Å². The number of halogens is 6. The molecule has 0 unspecified atom stereocenters. The smallest absolute Gasteiger partial charge is 0.314 e. The quantitative estimate of drug-likeness (QED) is 0.689. The Morgan fingerprint density at radius 3 is 2.20 bits per heavy atom. The molecule has 0 amide bonds. The van der Waals surface area contributed by atoms with E-state index in [1.54, 1.807) is 0 Å². The predicted molar refractivity (Wildman–Crippen MR) is 97.2 cm³/mol. The fraction of sp³-hybridized carbons (Fsp3) is 0.647. The summed E-state index contributed by atoms with van der Waals surface area (Å²) in [7, 11) is 0. The molecule has 1 atom stereocenters. The molecular formula is C17H26Cl2F4N2. The lowest BCUT2D eigenvalue weighted by molar-refractivity contribution is -0.138. The maximum absolute atomic E-state index is 13.7. The number of nitrogens with zero attached hydrogens (tertiary/aromatic N) is 1. The summed E-state index contributed by atoms with van der Waals surface area (Å²) in [5, 5.41) is 3.20. The molecule has 1 fully saturated rings. The molecule has 0 spiro atoms. The number of alkyl halides is 3. The van der Waals surface area contributed by atoms with Crippen LogP contribution in [-0.2, 0) is 6.18 Å². The van der Waals surface area contributed by atoms with Gasteiger partial charge in [-0.15, -0.1) is 24.8 Å². The zero-order valence-corrected chi connectivity index (χ0v) is 16.0. The molecule has 25 heavy (non-hydrogen) atoms. The van der Waals surface area contributed by atoms with Gasteiger partial charge in [-0.3, -0.25) is 4.90 Å². The Labute approximate surface area is 159 Å². The molecule has 0 aromatic heterocycles. The largest absolute Gasteiger partial charge is 0.416 e. The molecule has 2 rings (SSSR count). The van der Waals surface area contributed by atoms with E-state index in [-0.39, 0.29) is 30.4 Å². The molecule has 1 aromatic rings. The van der Waals surface area contributed by atoms with Crippen molar-refractivity contribution in [2.75, 3.05) is 26.2 Å². The van der Waals surface area contributed by atoms with Gasteiger partial charge in [-0.25, -0.2) is 4.39 Å². The Balaban J connectivity index is 0.00000288. The number of nitrogens with one attached hydrogen (secondary N) is 1. The molecule has 1 saturated heterocycles. The minimum atomic E-state index is -4.47. The predicted octanol–water partition coefficient (Wildman–Crippen LogP) is 5.07. The highest BCUT2D eigenvalue weighted by atomic mass is 35.5. The summed E-state index contributed by atoms with van der Waals surface area (Å²) in [5.41, 5.74) is -0.647. The SMILES string of the molecule is CC(C)CC[C@@H](c1cc(F)ccc1C(F)(F)F)N1CCNCC1.Cl.Cl. The Morgan fingerprint density at radius 2 is 1.68 bits per heavy atom. The monoisotopic (exact) mass is 404 g/mol. The van der Waals surface area contributed by atoms with Gasteiger partial charge >= 0.3 is 6.18 Å². The first-order chi connectivity index (χ1) is 10.8. The van der Waals surface area contributed by atoms with Crippen LogP contribution < -0.4 is 5.32 Å². The molecule has 1 heterocycles. The normalized spacial score (nSPS) is 16.9. The second-order valence-electron chi connectivity index (χ2n) is 6.50. The van der Waals surface area contributed by atoms with Gasteiger partial charge in [0.2, 0.25) is 0 Å². The van der Waals surface area contributed by atoms with Crippen molar-refractivity contribution < 1.29 is 17.6 Å². The Morgan fingerprint density at radius 1 is 1.08 bits per heavy atom. The Hall–Kier alpha value is -0.560. The first kappa shape index (κ1) is 24.4. The highest BCUT2D eigenvalue weighted by Gasteiger charge is 2.37. The van der Waals surface area contributed by atoms with E-state index in [2.05, 4.69) is 5.32 Å². The lowest BCUT2D eigenvalue weighted by atomic mass is 9.92. The molecule has 0 radical (unpaired) electrons.